The summed E-state index contributed by atoms with van der Waals surface area (Å²) < 4.78 is 0. The summed E-state index contributed by atoms with van der Waals surface area (Å²) in [7, 11) is 0. The first-order valence-corrected chi connectivity index (χ1v) is 8.53. The summed E-state index contributed by atoms with van der Waals surface area (Å²) in [5.74, 6) is 0. The number of nitrogens with one attached hydrogen (secondary N) is 1. The molecule has 1 aromatic heterocycles. The predicted octanol–water partition coefficient (Wildman–Crippen LogP) is 6.63. The number of pyridine rings is 1. The number of rotatable bonds is 2. The molecule has 0 unspecified atom stereocenters. The van der Waals surface area contributed by atoms with Crippen molar-refractivity contribution in [3.05, 3.63) is 78.6 Å². The fourth-order valence-electron chi connectivity index (χ4n) is 2.46. The second kappa shape index (κ2) is 6.81. The third kappa shape index (κ3) is 3.33. The highest BCUT2D eigenvalue weighted by molar-refractivity contribution is 6.42. The standard InChI is InChI=1S/C18H11Cl4NO/c1-9-12(10-2-4-14(19)16(21)6-10)8-13(18(24)23-9)11-3-5-15(20)17(22)7-11/h2-8H,1H3,(H,23,24). The summed E-state index contributed by atoms with van der Waals surface area (Å²) in [6.07, 6.45) is 0. The van der Waals surface area contributed by atoms with E-state index in [1.54, 1.807) is 30.3 Å². The Hall–Kier alpha value is -1.45. The summed E-state index contributed by atoms with van der Waals surface area (Å²) in [5, 5.41) is 1.77. The van der Waals surface area contributed by atoms with Crippen LogP contribution < -0.4 is 5.56 Å². The van der Waals surface area contributed by atoms with Crippen molar-refractivity contribution in [1.82, 2.24) is 4.98 Å². The van der Waals surface area contributed by atoms with Crippen LogP contribution in [-0.4, -0.2) is 4.98 Å². The van der Waals surface area contributed by atoms with Gasteiger partial charge in [-0.05, 0) is 48.4 Å². The third-order valence-corrected chi connectivity index (χ3v) is 5.18. The van der Waals surface area contributed by atoms with Crippen molar-refractivity contribution in [2.45, 2.75) is 6.92 Å². The molecule has 0 aliphatic carbocycles. The van der Waals surface area contributed by atoms with Crippen LogP contribution in [0.25, 0.3) is 22.3 Å². The van der Waals surface area contributed by atoms with Gasteiger partial charge in [-0.25, -0.2) is 0 Å². The van der Waals surface area contributed by atoms with E-state index in [0.29, 0.717) is 31.2 Å². The Balaban J connectivity index is 2.20. The van der Waals surface area contributed by atoms with Crippen molar-refractivity contribution >= 4 is 46.4 Å². The van der Waals surface area contributed by atoms with E-state index in [4.69, 9.17) is 46.4 Å². The summed E-state index contributed by atoms with van der Waals surface area (Å²) in [6.45, 7) is 1.83. The number of aromatic amines is 1. The maximum Gasteiger partial charge on any atom is 0.256 e. The van der Waals surface area contributed by atoms with Gasteiger partial charge in [0.25, 0.3) is 5.56 Å². The Morgan fingerprint density at radius 1 is 0.708 bits per heavy atom. The van der Waals surface area contributed by atoms with E-state index in [-0.39, 0.29) is 5.56 Å². The van der Waals surface area contributed by atoms with Crippen molar-refractivity contribution in [2.24, 2.45) is 0 Å². The van der Waals surface area contributed by atoms with Crippen LogP contribution in [0.4, 0.5) is 0 Å². The Labute approximate surface area is 159 Å². The third-order valence-electron chi connectivity index (χ3n) is 3.70. The summed E-state index contributed by atoms with van der Waals surface area (Å²) in [6, 6.07) is 12.2. The van der Waals surface area contributed by atoms with Gasteiger partial charge in [0.05, 0.1) is 20.1 Å². The Kier molecular flexibility index (Phi) is 4.93. The maximum absolute atomic E-state index is 12.4. The lowest BCUT2D eigenvalue weighted by molar-refractivity contribution is 1.15. The number of benzene rings is 2. The van der Waals surface area contributed by atoms with Crippen LogP contribution in [-0.2, 0) is 0 Å². The van der Waals surface area contributed by atoms with Crippen LogP contribution in [0.2, 0.25) is 20.1 Å². The van der Waals surface area contributed by atoms with Crippen molar-refractivity contribution in [3.63, 3.8) is 0 Å². The largest absolute Gasteiger partial charge is 0.325 e. The lowest BCUT2D eigenvalue weighted by Crippen LogP contribution is -2.11. The van der Waals surface area contributed by atoms with Crippen LogP contribution in [0, 0.1) is 6.92 Å². The van der Waals surface area contributed by atoms with Gasteiger partial charge in [0, 0.05) is 16.8 Å². The number of aromatic nitrogens is 1. The number of H-pyrrole nitrogens is 1. The molecule has 6 heteroatoms. The number of halogens is 4. The summed E-state index contributed by atoms with van der Waals surface area (Å²) >= 11 is 24.1. The zero-order valence-electron chi connectivity index (χ0n) is 12.5. The van der Waals surface area contributed by atoms with E-state index in [0.717, 1.165) is 16.8 Å². The zero-order valence-corrected chi connectivity index (χ0v) is 15.5. The van der Waals surface area contributed by atoms with Crippen molar-refractivity contribution in [3.8, 4) is 22.3 Å². The molecule has 0 bridgehead atoms. The maximum atomic E-state index is 12.4. The minimum Gasteiger partial charge on any atom is -0.325 e. The fraction of sp³-hybridized carbons (Fsp3) is 0.0556. The van der Waals surface area contributed by atoms with E-state index in [1.807, 2.05) is 19.1 Å². The van der Waals surface area contributed by atoms with E-state index in [9.17, 15) is 4.79 Å². The minimum absolute atomic E-state index is 0.199. The molecule has 0 saturated carbocycles. The second-order valence-electron chi connectivity index (χ2n) is 5.31. The van der Waals surface area contributed by atoms with Gasteiger partial charge in [0.15, 0.2) is 0 Å². The molecular weight excluding hydrogens is 388 g/mol. The fourth-order valence-corrected chi connectivity index (χ4v) is 3.06. The number of aryl methyl sites for hydroxylation is 1. The molecule has 2 aromatic carbocycles. The Morgan fingerprint density at radius 2 is 1.21 bits per heavy atom. The average Bonchev–Trinajstić information content (AvgIpc) is 2.53. The van der Waals surface area contributed by atoms with Crippen LogP contribution in [0.3, 0.4) is 0 Å². The molecule has 0 radical (unpaired) electrons. The molecular formula is C18H11Cl4NO. The molecule has 1 heterocycles. The van der Waals surface area contributed by atoms with Gasteiger partial charge in [0.1, 0.15) is 0 Å². The smallest absolute Gasteiger partial charge is 0.256 e. The highest BCUT2D eigenvalue weighted by atomic mass is 35.5. The van der Waals surface area contributed by atoms with Gasteiger partial charge in [-0.3, -0.25) is 4.79 Å². The highest BCUT2D eigenvalue weighted by Gasteiger charge is 2.12. The molecule has 24 heavy (non-hydrogen) atoms. The van der Waals surface area contributed by atoms with Crippen LogP contribution >= 0.6 is 46.4 Å². The normalized spacial score (nSPS) is 10.9. The summed E-state index contributed by atoms with van der Waals surface area (Å²) in [5.41, 5.74) is 3.44. The van der Waals surface area contributed by atoms with Gasteiger partial charge in [-0.1, -0.05) is 58.5 Å². The summed E-state index contributed by atoms with van der Waals surface area (Å²) in [4.78, 5) is 15.2. The van der Waals surface area contributed by atoms with Crippen LogP contribution in [0.5, 0.6) is 0 Å². The Morgan fingerprint density at radius 3 is 1.71 bits per heavy atom. The van der Waals surface area contributed by atoms with E-state index >= 15 is 0 Å². The monoisotopic (exact) mass is 397 g/mol. The van der Waals surface area contributed by atoms with Crippen LogP contribution in [0.1, 0.15) is 5.69 Å². The van der Waals surface area contributed by atoms with Gasteiger partial charge >= 0.3 is 0 Å². The predicted molar refractivity (Wildman–Crippen MR) is 103 cm³/mol. The topological polar surface area (TPSA) is 32.9 Å². The molecule has 3 aromatic rings. The number of hydrogen-bond acceptors (Lipinski definition) is 1. The molecule has 0 spiro atoms. The zero-order chi connectivity index (χ0) is 17.4. The molecule has 0 aliphatic heterocycles. The van der Waals surface area contributed by atoms with E-state index < -0.39 is 0 Å². The molecule has 0 saturated heterocycles. The highest BCUT2D eigenvalue weighted by Crippen LogP contribution is 2.32. The lowest BCUT2D eigenvalue weighted by Gasteiger charge is -2.10. The first-order valence-electron chi connectivity index (χ1n) is 7.01. The quantitative estimate of drug-likeness (QED) is 0.516. The second-order valence-corrected chi connectivity index (χ2v) is 6.94. The van der Waals surface area contributed by atoms with Crippen molar-refractivity contribution in [2.75, 3.05) is 0 Å². The van der Waals surface area contributed by atoms with Crippen molar-refractivity contribution in [1.29, 1.82) is 0 Å². The molecule has 0 fully saturated rings. The minimum atomic E-state index is -0.199. The van der Waals surface area contributed by atoms with E-state index in [1.165, 1.54) is 0 Å². The van der Waals surface area contributed by atoms with Gasteiger partial charge < -0.3 is 4.98 Å². The van der Waals surface area contributed by atoms with Crippen LogP contribution in [0.15, 0.2) is 47.3 Å². The molecule has 0 aliphatic rings. The first-order chi connectivity index (χ1) is 11.4. The molecule has 1 N–H and O–H groups in total. The number of hydrogen-bond donors (Lipinski definition) is 1. The molecule has 0 atom stereocenters. The van der Waals surface area contributed by atoms with Gasteiger partial charge in [0.2, 0.25) is 0 Å². The van der Waals surface area contributed by atoms with Gasteiger partial charge in [-0.2, -0.15) is 0 Å². The average molecular weight is 399 g/mol. The van der Waals surface area contributed by atoms with Gasteiger partial charge in [-0.15, -0.1) is 0 Å². The van der Waals surface area contributed by atoms with E-state index in [2.05, 4.69) is 4.98 Å². The SMILES string of the molecule is Cc1[nH]c(=O)c(-c2ccc(Cl)c(Cl)c2)cc1-c1ccc(Cl)c(Cl)c1. The Bertz CT molecular complexity index is 995. The molecule has 122 valence electrons. The molecule has 2 nitrogen and oxygen atoms in total. The molecule has 3 rings (SSSR count). The first kappa shape index (κ1) is 17.4. The van der Waals surface area contributed by atoms with Crippen molar-refractivity contribution < 1.29 is 0 Å². The molecule has 0 amide bonds. The lowest BCUT2D eigenvalue weighted by atomic mass is 9.99.